The standard InChI is InChI=1S/C24H25N3O2/c1-3-19-12-13-22-24(18-14-17-8-4-6-10-21(17)25-15-18)20(16(2)26-27(19)22)9-5-7-11-23(28)29/h4,6,8,10,12-15H,3,5,7,9,11H2,1-2H3,(H,28,29). The Labute approximate surface area is 170 Å². The van der Waals surface area contributed by atoms with Crippen molar-refractivity contribution < 1.29 is 9.90 Å². The number of para-hydroxylation sites is 1. The number of benzene rings is 1. The molecule has 5 nitrogen and oxygen atoms in total. The van der Waals surface area contributed by atoms with Gasteiger partial charge in [0, 0.05) is 34.8 Å². The lowest BCUT2D eigenvalue weighted by atomic mass is 9.95. The molecular formula is C24H25N3O2. The number of carboxylic acids is 1. The van der Waals surface area contributed by atoms with Crippen LogP contribution in [-0.4, -0.2) is 25.7 Å². The van der Waals surface area contributed by atoms with Gasteiger partial charge < -0.3 is 5.11 Å². The number of aryl methyl sites for hydroxylation is 2. The van der Waals surface area contributed by atoms with Gasteiger partial charge in [-0.15, -0.1) is 0 Å². The summed E-state index contributed by atoms with van der Waals surface area (Å²) in [5.41, 5.74) is 7.64. The number of aromatic nitrogens is 3. The third-order valence-corrected chi connectivity index (χ3v) is 5.49. The van der Waals surface area contributed by atoms with Crippen molar-refractivity contribution in [3.05, 3.63) is 65.6 Å². The molecule has 148 valence electrons. The van der Waals surface area contributed by atoms with E-state index in [1.165, 1.54) is 11.3 Å². The molecule has 0 radical (unpaired) electrons. The van der Waals surface area contributed by atoms with E-state index in [0.29, 0.717) is 6.42 Å². The van der Waals surface area contributed by atoms with Crippen molar-refractivity contribution in [3.63, 3.8) is 0 Å². The molecule has 1 aromatic carbocycles. The van der Waals surface area contributed by atoms with E-state index in [9.17, 15) is 4.79 Å². The van der Waals surface area contributed by atoms with E-state index in [0.717, 1.165) is 52.5 Å². The number of carboxylic acid groups (broad SMARTS) is 1. The summed E-state index contributed by atoms with van der Waals surface area (Å²) in [5, 5.41) is 14.9. The highest BCUT2D eigenvalue weighted by Gasteiger charge is 2.17. The van der Waals surface area contributed by atoms with E-state index >= 15 is 0 Å². The van der Waals surface area contributed by atoms with Crippen LogP contribution in [0.3, 0.4) is 0 Å². The smallest absolute Gasteiger partial charge is 0.303 e. The zero-order valence-corrected chi connectivity index (χ0v) is 16.9. The molecule has 0 fully saturated rings. The fourth-order valence-electron chi connectivity index (χ4n) is 4.01. The Morgan fingerprint density at radius 1 is 1.14 bits per heavy atom. The lowest BCUT2D eigenvalue weighted by molar-refractivity contribution is -0.137. The number of hydrogen-bond donors (Lipinski definition) is 1. The minimum absolute atomic E-state index is 0.201. The minimum atomic E-state index is -0.742. The number of carbonyl (C=O) groups is 1. The monoisotopic (exact) mass is 387 g/mol. The number of hydrogen-bond acceptors (Lipinski definition) is 3. The fourth-order valence-corrected chi connectivity index (χ4v) is 4.01. The lowest BCUT2D eigenvalue weighted by Crippen LogP contribution is -2.06. The highest BCUT2D eigenvalue weighted by Crippen LogP contribution is 2.33. The van der Waals surface area contributed by atoms with Crippen LogP contribution in [0.25, 0.3) is 27.5 Å². The fraction of sp³-hybridized carbons (Fsp3) is 0.292. The number of fused-ring (bicyclic) bond motifs is 2. The van der Waals surface area contributed by atoms with Crippen molar-refractivity contribution >= 4 is 22.4 Å². The van der Waals surface area contributed by atoms with Crippen molar-refractivity contribution in [1.29, 1.82) is 0 Å². The Balaban J connectivity index is 1.86. The van der Waals surface area contributed by atoms with Crippen LogP contribution in [0.4, 0.5) is 0 Å². The molecule has 0 aliphatic rings. The van der Waals surface area contributed by atoms with Gasteiger partial charge in [0.1, 0.15) is 0 Å². The Bertz CT molecular complexity index is 1190. The predicted molar refractivity (Wildman–Crippen MR) is 115 cm³/mol. The van der Waals surface area contributed by atoms with Crippen LogP contribution in [0.1, 0.15) is 43.1 Å². The summed E-state index contributed by atoms with van der Waals surface area (Å²) < 4.78 is 2.04. The maximum Gasteiger partial charge on any atom is 0.303 e. The molecule has 0 aliphatic carbocycles. The molecule has 5 heteroatoms. The highest BCUT2D eigenvalue weighted by atomic mass is 16.4. The van der Waals surface area contributed by atoms with Gasteiger partial charge in [-0.25, -0.2) is 4.52 Å². The first kappa shape index (κ1) is 19.1. The maximum atomic E-state index is 10.9. The van der Waals surface area contributed by atoms with Gasteiger partial charge in [-0.2, -0.15) is 5.10 Å². The normalized spacial score (nSPS) is 11.4. The number of nitrogens with zero attached hydrogens (tertiary/aromatic N) is 3. The van der Waals surface area contributed by atoms with Gasteiger partial charge in [-0.3, -0.25) is 9.78 Å². The highest BCUT2D eigenvalue weighted by molar-refractivity contribution is 5.89. The molecule has 29 heavy (non-hydrogen) atoms. The third-order valence-electron chi connectivity index (χ3n) is 5.49. The summed E-state index contributed by atoms with van der Waals surface area (Å²) in [6.45, 7) is 4.18. The average molecular weight is 387 g/mol. The Kier molecular flexibility index (Phi) is 5.30. The van der Waals surface area contributed by atoms with Crippen LogP contribution < -0.4 is 0 Å². The Morgan fingerprint density at radius 2 is 1.97 bits per heavy atom. The molecule has 0 atom stereocenters. The summed E-state index contributed by atoms with van der Waals surface area (Å²) >= 11 is 0. The summed E-state index contributed by atoms with van der Waals surface area (Å²) in [6.07, 6.45) is 5.34. The zero-order valence-electron chi connectivity index (χ0n) is 16.9. The van der Waals surface area contributed by atoms with Crippen molar-refractivity contribution in [2.45, 2.75) is 46.0 Å². The molecule has 0 saturated carbocycles. The number of unbranched alkanes of at least 4 members (excludes halogenated alkanes) is 1. The second kappa shape index (κ2) is 8.03. The Morgan fingerprint density at radius 3 is 2.76 bits per heavy atom. The average Bonchev–Trinajstić information content (AvgIpc) is 3.12. The molecule has 0 unspecified atom stereocenters. The second-order valence-corrected chi connectivity index (χ2v) is 7.43. The van der Waals surface area contributed by atoms with Gasteiger partial charge in [0.15, 0.2) is 0 Å². The molecule has 0 bridgehead atoms. The topological polar surface area (TPSA) is 67.5 Å². The first-order valence-electron chi connectivity index (χ1n) is 10.2. The molecule has 0 aliphatic heterocycles. The van der Waals surface area contributed by atoms with Crippen LogP contribution in [0, 0.1) is 6.92 Å². The molecule has 4 rings (SSSR count). The van der Waals surface area contributed by atoms with E-state index in [2.05, 4.69) is 36.2 Å². The molecule has 1 N–H and O–H groups in total. The Hall–Kier alpha value is -3.21. The minimum Gasteiger partial charge on any atom is -0.481 e. The predicted octanol–water partition coefficient (Wildman–Crippen LogP) is 5.22. The van der Waals surface area contributed by atoms with Gasteiger partial charge in [-0.1, -0.05) is 25.1 Å². The van der Waals surface area contributed by atoms with Crippen LogP contribution in [0.15, 0.2) is 48.7 Å². The first-order valence-corrected chi connectivity index (χ1v) is 10.2. The number of rotatable bonds is 7. The van der Waals surface area contributed by atoms with Gasteiger partial charge in [0.25, 0.3) is 0 Å². The van der Waals surface area contributed by atoms with E-state index in [1.54, 1.807) is 0 Å². The lowest BCUT2D eigenvalue weighted by Gasteiger charge is -2.16. The van der Waals surface area contributed by atoms with E-state index in [-0.39, 0.29) is 6.42 Å². The molecule has 4 aromatic rings. The van der Waals surface area contributed by atoms with E-state index < -0.39 is 5.97 Å². The quantitative estimate of drug-likeness (QED) is 0.442. The largest absolute Gasteiger partial charge is 0.481 e. The molecule has 3 aromatic heterocycles. The molecule has 0 amide bonds. The summed E-state index contributed by atoms with van der Waals surface area (Å²) in [7, 11) is 0. The summed E-state index contributed by atoms with van der Waals surface area (Å²) in [4.78, 5) is 15.6. The molecule has 3 heterocycles. The van der Waals surface area contributed by atoms with Crippen LogP contribution >= 0.6 is 0 Å². The van der Waals surface area contributed by atoms with Crippen molar-refractivity contribution in [2.24, 2.45) is 0 Å². The number of pyridine rings is 1. The summed E-state index contributed by atoms with van der Waals surface area (Å²) in [6, 6.07) is 14.6. The first-order chi connectivity index (χ1) is 14.1. The molecule has 0 spiro atoms. The van der Waals surface area contributed by atoms with Gasteiger partial charge in [-0.05, 0) is 62.4 Å². The van der Waals surface area contributed by atoms with Crippen LogP contribution in [0.2, 0.25) is 0 Å². The van der Waals surface area contributed by atoms with E-state index in [1.807, 2.05) is 35.8 Å². The summed E-state index contributed by atoms with van der Waals surface area (Å²) in [5.74, 6) is -0.742. The van der Waals surface area contributed by atoms with E-state index in [4.69, 9.17) is 10.2 Å². The van der Waals surface area contributed by atoms with Crippen molar-refractivity contribution in [1.82, 2.24) is 14.6 Å². The van der Waals surface area contributed by atoms with Crippen LogP contribution in [-0.2, 0) is 17.6 Å². The molecular weight excluding hydrogens is 362 g/mol. The maximum absolute atomic E-state index is 10.9. The van der Waals surface area contributed by atoms with Crippen LogP contribution in [0.5, 0.6) is 0 Å². The van der Waals surface area contributed by atoms with Gasteiger partial charge >= 0.3 is 5.97 Å². The van der Waals surface area contributed by atoms with Gasteiger partial charge in [0.2, 0.25) is 0 Å². The SMILES string of the molecule is CCc1ccc2c(-c3cnc4ccccc4c3)c(CCCCC(=O)O)c(C)nn12. The second-order valence-electron chi connectivity index (χ2n) is 7.43. The zero-order chi connectivity index (χ0) is 20.4. The van der Waals surface area contributed by atoms with Crippen molar-refractivity contribution in [3.8, 4) is 11.1 Å². The van der Waals surface area contributed by atoms with Gasteiger partial charge in [0.05, 0.1) is 16.7 Å². The third kappa shape index (κ3) is 3.73. The van der Waals surface area contributed by atoms with Crippen molar-refractivity contribution in [2.75, 3.05) is 0 Å². The number of aliphatic carboxylic acids is 1. The molecule has 0 saturated heterocycles.